The lowest BCUT2D eigenvalue weighted by Crippen LogP contribution is -2.46. The number of hydrogen-bond donors (Lipinski definition) is 2. The monoisotopic (exact) mass is 361 g/mol. The van der Waals surface area contributed by atoms with Gasteiger partial charge in [0.2, 0.25) is 0 Å². The van der Waals surface area contributed by atoms with Gasteiger partial charge in [-0.15, -0.1) is 0 Å². The first-order valence-corrected chi connectivity index (χ1v) is 8.63. The third kappa shape index (κ3) is 4.98. The number of piperazine rings is 1. The van der Waals surface area contributed by atoms with Crippen molar-refractivity contribution in [2.45, 2.75) is 26.4 Å². The number of nitrogens with zero attached hydrogens (tertiary/aromatic N) is 2. The van der Waals surface area contributed by atoms with Crippen molar-refractivity contribution >= 4 is 23.3 Å². The second-order valence-corrected chi connectivity index (χ2v) is 7.20. The molecule has 142 valence electrons. The number of ether oxygens (including phenoxy) is 1. The van der Waals surface area contributed by atoms with Gasteiger partial charge in [0.05, 0.1) is 5.52 Å². The smallest absolute Gasteiger partial charge is 0.293 e. The summed E-state index contributed by atoms with van der Waals surface area (Å²) in [6, 6.07) is 7.05. The van der Waals surface area contributed by atoms with Gasteiger partial charge in [0, 0.05) is 44.7 Å². The van der Waals surface area contributed by atoms with Gasteiger partial charge in [0.15, 0.2) is 0 Å². The Morgan fingerprint density at radius 1 is 1.23 bits per heavy atom. The van der Waals surface area contributed by atoms with Crippen LogP contribution in [0.4, 0.5) is 0 Å². The molecule has 1 aliphatic heterocycles. The summed E-state index contributed by atoms with van der Waals surface area (Å²) in [5, 5.41) is 13.7. The van der Waals surface area contributed by atoms with Crippen LogP contribution >= 0.6 is 0 Å². The van der Waals surface area contributed by atoms with E-state index in [0.29, 0.717) is 12.2 Å². The average molecular weight is 361 g/mol. The van der Waals surface area contributed by atoms with Crippen LogP contribution in [0.5, 0.6) is 5.75 Å². The van der Waals surface area contributed by atoms with Crippen LogP contribution in [0.3, 0.4) is 0 Å². The van der Waals surface area contributed by atoms with E-state index in [0.717, 1.165) is 37.1 Å². The summed E-state index contributed by atoms with van der Waals surface area (Å²) in [5.74, 6) is 0.273. The molecule has 0 atom stereocenters. The Bertz CT molecular complexity index is 771. The number of phenolic OH excluding ortho intramolecular Hbond substituents is 1. The van der Waals surface area contributed by atoms with Gasteiger partial charge < -0.3 is 24.6 Å². The molecule has 1 fully saturated rings. The molecule has 0 saturated carbocycles. The van der Waals surface area contributed by atoms with Crippen LogP contribution in [0.25, 0.3) is 10.9 Å². The molecule has 26 heavy (non-hydrogen) atoms. The summed E-state index contributed by atoms with van der Waals surface area (Å²) in [7, 11) is 1.86. The maximum absolute atomic E-state index is 12.5. The van der Waals surface area contributed by atoms with Crippen LogP contribution in [-0.2, 0) is 16.6 Å². The second kappa shape index (κ2) is 8.23. The molecule has 3 rings (SSSR count). The predicted octanol–water partition coefficient (Wildman–Crippen LogP) is 1.89. The van der Waals surface area contributed by atoms with Gasteiger partial charge in [-0.25, -0.2) is 0 Å². The standard InChI is InChI=1S/C14H17N3O2.C5H10O2/c1-16-12-9-11(18)3-2-10(12)8-13(16)14(19)17-6-4-15-5-7-17;1-5(2,3)7-4-6/h2-3,8-9,15,18H,4-7H2,1H3;4H,1-3H3. The van der Waals surface area contributed by atoms with E-state index >= 15 is 0 Å². The number of aromatic hydroxyl groups is 1. The molecule has 2 N–H and O–H groups in total. The lowest BCUT2D eigenvalue weighted by atomic mass is 10.2. The van der Waals surface area contributed by atoms with Crippen molar-refractivity contribution in [3.05, 3.63) is 30.0 Å². The van der Waals surface area contributed by atoms with Crippen molar-refractivity contribution in [1.82, 2.24) is 14.8 Å². The van der Waals surface area contributed by atoms with Crippen LogP contribution in [0.1, 0.15) is 31.3 Å². The average Bonchev–Trinajstić information content (AvgIpc) is 2.91. The zero-order valence-corrected chi connectivity index (χ0v) is 15.8. The molecule has 0 aliphatic carbocycles. The van der Waals surface area contributed by atoms with Gasteiger partial charge >= 0.3 is 0 Å². The maximum Gasteiger partial charge on any atom is 0.293 e. The number of rotatable bonds is 2. The minimum absolute atomic E-state index is 0.0553. The Morgan fingerprint density at radius 3 is 2.42 bits per heavy atom. The number of fused-ring (bicyclic) bond motifs is 1. The normalized spacial score (nSPS) is 14.5. The fraction of sp³-hybridized carbons (Fsp3) is 0.474. The molecule has 0 spiro atoms. The number of phenols is 1. The van der Waals surface area contributed by atoms with Gasteiger partial charge in [-0.1, -0.05) is 0 Å². The SMILES string of the molecule is CC(C)(C)OC=O.Cn1c(C(=O)N2CCNCC2)cc2ccc(O)cc21. The van der Waals surface area contributed by atoms with Crippen LogP contribution in [0.2, 0.25) is 0 Å². The molecule has 0 radical (unpaired) electrons. The summed E-state index contributed by atoms with van der Waals surface area (Å²) >= 11 is 0. The first kappa shape index (κ1) is 19.8. The summed E-state index contributed by atoms with van der Waals surface area (Å²) in [6.07, 6.45) is 0. The van der Waals surface area contributed by atoms with Crippen LogP contribution in [-0.4, -0.2) is 58.7 Å². The highest BCUT2D eigenvalue weighted by Crippen LogP contribution is 2.23. The molecule has 0 bridgehead atoms. The van der Waals surface area contributed by atoms with E-state index in [1.807, 2.05) is 49.4 Å². The molecule has 1 aromatic heterocycles. The van der Waals surface area contributed by atoms with E-state index in [1.54, 1.807) is 12.1 Å². The van der Waals surface area contributed by atoms with Gasteiger partial charge in [-0.05, 0) is 39.0 Å². The molecule has 0 unspecified atom stereocenters. The highest BCUT2D eigenvalue weighted by molar-refractivity contribution is 5.99. The molecule has 2 heterocycles. The summed E-state index contributed by atoms with van der Waals surface area (Å²) in [4.78, 5) is 24.0. The van der Waals surface area contributed by atoms with Crippen molar-refractivity contribution in [2.75, 3.05) is 26.2 Å². The molecule has 1 saturated heterocycles. The molecule has 7 nitrogen and oxygen atoms in total. The number of amides is 1. The molecular formula is C19H27N3O4. The predicted molar refractivity (Wildman–Crippen MR) is 100 cm³/mol. The maximum atomic E-state index is 12.5. The Balaban J connectivity index is 0.000000298. The van der Waals surface area contributed by atoms with Crippen molar-refractivity contribution in [3.8, 4) is 5.75 Å². The van der Waals surface area contributed by atoms with Gasteiger partial charge in [-0.2, -0.15) is 0 Å². The Morgan fingerprint density at radius 2 is 1.88 bits per heavy atom. The van der Waals surface area contributed by atoms with E-state index < -0.39 is 0 Å². The number of carbonyl (C=O) groups is 2. The Hall–Kier alpha value is -2.54. The number of carbonyl (C=O) groups excluding carboxylic acids is 2. The molecule has 2 aromatic rings. The quantitative estimate of drug-likeness (QED) is 0.798. The molecule has 7 heteroatoms. The van der Waals surface area contributed by atoms with Gasteiger partial charge in [-0.3, -0.25) is 9.59 Å². The summed E-state index contributed by atoms with van der Waals surface area (Å²) in [5.41, 5.74) is 1.22. The zero-order valence-electron chi connectivity index (χ0n) is 15.8. The van der Waals surface area contributed by atoms with E-state index in [1.165, 1.54) is 0 Å². The third-order valence-electron chi connectivity index (χ3n) is 4.05. The number of aryl methyl sites for hydroxylation is 1. The first-order chi connectivity index (χ1) is 12.2. The van der Waals surface area contributed by atoms with Crippen LogP contribution in [0.15, 0.2) is 24.3 Å². The van der Waals surface area contributed by atoms with E-state index in [2.05, 4.69) is 10.1 Å². The van der Waals surface area contributed by atoms with E-state index in [9.17, 15) is 14.7 Å². The Labute approximate surface area is 153 Å². The van der Waals surface area contributed by atoms with Crippen LogP contribution < -0.4 is 5.32 Å². The van der Waals surface area contributed by atoms with Crippen molar-refractivity contribution in [1.29, 1.82) is 0 Å². The largest absolute Gasteiger partial charge is 0.508 e. The van der Waals surface area contributed by atoms with E-state index in [4.69, 9.17) is 0 Å². The third-order valence-corrected chi connectivity index (χ3v) is 4.05. The van der Waals surface area contributed by atoms with Crippen molar-refractivity contribution in [3.63, 3.8) is 0 Å². The highest BCUT2D eigenvalue weighted by Gasteiger charge is 2.21. The highest BCUT2D eigenvalue weighted by atomic mass is 16.5. The minimum Gasteiger partial charge on any atom is -0.508 e. The summed E-state index contributed by atoms with van der Waals surface area (Å²) in [6.45, 7) is 9.09. The van der Waals surface area contributed by atoms with Crippen LogP contribution in [0, 0.1) is 0 Å². The molecule has 1 aliphatic rings. The van der Waals surface area contributed by atoms with Gasteiger partial charge in [0.1, 0.15) is 17.0 Å². The fourth-order valence-corrected chi connectivity index (χ4v) is 2.70. The first-order valence-electron chi connectivity index (χ1n) is 8.63. The number of aromatic nitrogens is 1. The fourth-order valence-electron chi connectivity index (χ4n) is 2.70. The van der Waals surface area contributed by atoms with Crippen molar-refractivity contribution < 1.29 is 19.4 Å². The lowest BCUT2D eigenvalue weighted by Gasteiger charge is -2.27. The second-order valence-electron chi connectivity index (χ2n) is 7.20. The number of nitrogens with one attached hydrogen (secondary N) is 1. The van der Waals surface area contributed by atoms with Gasteiger partial charge in [0.25, 0.3) is 12.4 Å². The summed E-state index contributed by atoms with van der Waals surface area (Å²) < 4.78 is 6.40. The van der Waals surface area contributed by atoms with Crippen molar-refractivity contribution in [2.24, 2.45) is 7.05 Å². The number of hydrogen-bond acceptors (Lipinski definition) is 5. The zero-order chi connectivity index (χ0) is 19.3. The Kier molecular flexibility index (Phi) is 6.26. The minimum atomic E-state index is -0.318. The molecular weight excluding hydrogens is 334 g/mol. The number of benzene rings is 1. The molecule has 1 aromatic carbocycles. The lowest BCUT2D eigenvalue weighted by molar-refractivity contribution is -0.138. The topological polar surface area (TPSA) is 83.8 Å². The molecule has 1 amide bonds. The van der Waals surface area contributed by atoms with E-state index in [-0.39, 0.29) is 17.3 Å².